The Kier molecular flexibility index (Phi) is 21.5. The molecule has 0 atom stereocenters. The van der Waals surface area contributed by atoms with Crippen molar-refractivity contribution in [2.75, 3.05) is 0 Å². The van der Waals surface area contributed by atoms with Crippen LogP contribution in [0.4, 0.5) is 0 Å². The fourth-order valence-corrected chi connectivity index (χ4v) is 4.07. The van der Waals surface area contributed by atoms with Crippen LogP contribution in [-0.2, 0) is 12.8 Å². The molecule has 0 saturated heterocycles. The third-order valence-electron chi connectivity index (χ3n) is 6.76. The predicted octanol–water partition coefficient (Wildman–Crippen LogP) is 10.9. The molecule has 5 aromatic heterocycles. The number of hydrogen-bond acceptors (Lipinski definition) is 6. The SMILES string of the molecule is CC(C)Cc1ccccn1.CC(C)Cc1cccnc1.CC(C)c1cccnc1.CC(C)c1ncccn1.Cc1ccc(C(C)C)cn1. The summed E-state index contributed by atoms with van der Waals surface area (Å²) in [4.78, 5) is 24.6. The summed E-state index contributed by atoms with van der Waals surface area (Å²) in [6, 6.07) is 20.2. The van der Waals surface area contributed by atoms with E-state index in [0.717, 1.165) is 30.3 Å². The molecular formula is C42H60N6. The Morgan fingerprint density at radius 2 is 1.04 bits per heavy atom. The van der Waals surface area contributed by atoms with Crippen LogP contribution in [0, 0.1) is 18.8 Å². The molecule has 0 fully saturated rings. The van der Waals surface area contributed by atoms with Crippen LogP contribution < -0.4 is 0 Å². The molecule has 0 aliphatic rings. The first kappa shape index (κ1) is 41.7. The molecule has 0 bridgehead atoms. The molecule has 0 spiro atoms. The lowest BCUT2D eigenvalue weighted by atomic mass is 10.1. The van der Waals surface area contributed by atoms with Gasteiger partial charge in [-0.05, 0) is 96.5 Å². The first-order chi connectivity index (χ1) is 22.9. The van der Waals surface area contributed by atoms with E-state index in [1.54, 1.807) is 18.6 Å². The van der Waals surface area contributed by atoms with Gasteiger partial charge >= 0.3 is 0 Å². The summed E-state index contributed by atoms with van der Waals surface area (Å²) < 4.78 is 0. The maximum atomic E-state index is 4.22. The number of rotatable bonds is 7. The van der Waals surface area contributed by atoms with Crippen molar-refractivity contribution in [3.63, 3.8) is 0 Å². The van der Waals surface area contributed by atoms with Gasteiger partial charge in [0.2, 0.25) is 0 Å². The highest BCUT2D eigenvalue weighted by Crippen LogP contribution is 2.12. The fourth-order valence-electron chi connectivity index (χ4n) is 4.07. The summed E-state index contributed by atoms with van der Waals surface area (Å²) in [6.45, 7) is 23.7. The zero-order valence-electron chi connectivity index (χ0n) is 31.4. The summed E-state index contributed by atoms with van der Waals surface area (Å²) in [5.74, 6) is 3.97. The molecule has 5 heterocycles. The van der Waals surface area contributed by atoms with Crippen LogP contribution >= 0.6 is 0 Å². The van der Waals surface area contributed by atoms with E-state index in [0.29, 0.717) is 23.7 Å². The van der Waals surface area contributed by atoms with E-state index in [-0.39, 0.29) is 0 Å². The van der Waals surface area contributed by atoms with Gasteiger partial charge in [-0.1, -0.05) is 93.5 Å². The Bertz CT molecular complexity index is 1330. The summed E-state index contributed by atoms with van der Waals surface area (Å²) in [5.41, 5.74) is 6.22. The van der Waals surface area contributed by atoms with Crippen molar-refractivity contribution in [2.45, 2.75) is 107 Å². The molecule has 0 aromatic carbocycles. The molecule has 6 heteroatoms. The van der Waals surface area contributed by atoms with E-state index in [1.165, 1.54) is 22.4 Å². The molecule has 6 nitrogen and oxygen atoms in total. The minimum absolute atomic E-state index is 0.436. The minimum Gasteiger partial charge on any atom is -0.264 e. The van der Waals surface area contributed by atoms with Gasteiger partial charge in [-0.3, -0.25) is 19.9 Å². The molecule has 5 aromatic rings. The molecule has 0 N–H and O–H groups in total. The van der Waals surface area contributed by atoms with Gasteiger partial charge in [-0.25, -0.2) is 9.97 Å². The maximum Gasteiger partial charge on any atom is 0.130 e. The number of pyridine rings is 4. The minimum atomic E-state index is 0.436. The second-order valence-corrected chi connectivity index (χ2v) is 13.5. The highest BCUT2D eigenvalue weighted by Gasteiger charge is 1.99. The Morgan fingerprint density at radius 1 is 0.458 bits per heavy atom. The van der Waals surface area contributed by atoms with E-state index in [1.807, 2.05) is 68.2 Å². The third kappa shape index (κ3) is 20.7. The summed E-state index contributed by atoms with van der Waals surface area (Å²) in [6.07, 6.45) is 17.0. The van der Waals surface area contributed by atoms with Crippen LogP contribution in [0.1, 0.15) is 121 Å². The average Bonchev–Trinajstić information content (AvgIpc) is 3.07. The quantitative estimate of drug-likeness (QED) is 0.175. The van der Waals surface area contributed by atoms with Gasteiger partial charge in [-0.15, -0.1) is 0 Å². The monoisotopic (exact) mass is 648 g/mol. The highest BCUT2D eigenvalue weighted by atomic mass is 14.9. The average molecular weight is 649 g/mol. The molecule has 258 valence electrons. The van der Waals surface area contributed by atoms with Crippen LogP contribution in [0.5, 0.6) is 0 Å². The maximum absolute atomic E-state index is 4.22. The summed E-state index contributed by atoms with van der Waals surface area (Å²) in [5, 5.41) is 0. The Morgan fingerprint density at radius 3 is 1.44 bits per heavy atom. The molecular weight excluding hydrogens is 589 g/mol. The van der Waals surface area contributed by atoms with Gasteiger partial charge in [0.25, 0.3) is 0 Å². The second-order valence-electron chi connectivity index (χ2n) is 13.5. The van der Waals surface area contributed by atoms with Crippen molar-refractivity contribution in [3.05, 3.63) is 144 Å². The van der Waals surface area contributed by atoms with Crippen LogP contribution in [0.3, 0.4) is 0 Å². The normalized spacial score (nSPS) is 10.2. The van der Waals surface area contributed by atoms with Crippen LogP contribution in [-0.4, -0.2) is 29.9 Å². The largest absolute Gasteiger partial charge is 0.264 e. The van der Waals surface area contributed by atoms with E-state index >= 15 is 0 Å². The summed E-state index contributed by atoms with van der Waals surface area (Å²) in [7, 11) is 0. The van der Waals surface area contributed by atoms with Gasteiger partial charge in [0.15, 0.2) is 0 Å². The van der Waals surface area contributed by atoms with Gasteiger partial charge in [-0.2, -0.15) is 0 Å². The van der Waals surface area contributed by atoms with Crippen molar-refractivity contribution >= 4 is 0 Å². The van der Waals surface area contributed by atoms with Gasteiger partial charge in [0.1, 0.15) is 5.82 Å². The Balaban J connectivity index is 0.000000300. The van der Waals surface area contributed by atoms with Gasteiger partial charge in [0, 0.05) is 66.9 Å². The molecule has 0 aliphatic carbocycles. The standard InChI is InChI=1S/3C9H13N.C8H11N.C7H10N2/c1-7(2)9-5-4-8(3)10-6-9;1-8(2)6-9-4-3-5-10-7-9;1-8(2)7-9-5-3-4-6-10-9;1-7(2)8-4-3-5-9-6-8;1-6(2)7-8-4-3-5-9-7/h4-7H,1-3H3;3-5,7-8H,6H2,1-2H3;3-6,8H,7H2,1-2H3;3-7H,1-2H3;3-6H,1-2H3. The first-order valence-corrected chi connectivity index (χ1v) is 17.3. The lowest BCUT2D eigenvalue weighted by molar-refractivity contribution is 0.635. The first-order valence-electron chi connectivity index (χ1n) is 17.3. The lowest BCUT2D eigenvalue weighted by Crippen LogP contribution is -1.95. The Hall–Kier alpha value is -4.32. The van der Waals surface area contributed by atoms with Crippen molar-refractivity contribution in [2.24, 2.45) is 11.8 Å². The van der Waals surface area contributed by atoms with Crippen LogP contribution in [0.25, 0.3) is 0 Å². The molecule has 0 radical (unpaired) electrons. The molecule has 0 amide bonds. The zero-order chi connectivity index (χ0) is 35.7. The highest BCUT2D eigenvalue weighted by molar-refractivity contribution is 5.16. The van der Waals surface area contributed by atoms with Crippen LogP contribution in [0.2, 0.25) is 0 Å². The van der Waals surface area contributed by atoms with Crippen molar-refractivity contribution in [3.8, 4) is 0 Å². The molecule has 0 saturated carbocycles. The van der Waals surface area contributed by atoms with Crippen molar-refractivity contribution in [1.29, 1.82) is 0 Å². The topological polar surface area (TPSA) is 77.3 Å². The molecule has 0 unspecified atom stereocenters. The van der Waals surface area contributed by atoms with E-state index < -0.39 is 0 Å². The van der Waals surface area contributed by atoms with Crippen LogP contribution in [0.15, 0.2) is 110 Å². The third-order valence-corrected chi connectivity index (χ3v) is 6.76. The fraction of sp³-hybridized carbons (Fsp3) is 0.429. The van der Waals surface area contributed by atoms with E-state index in [9.17, 15) is 0 Å². The molecule has 48 heavy (non-hydrogen) atoms. The number of hydrogen-bond donors (Lipinski definition) is 0. The molecule has 5 rings (SSSR count). The number of aryl methyl sites for hydroxylation is 1. The zero-order valence-corrected chi connectivity index (χ0v) is 31.4. The van der Waals surface area contributed by atoms with Crippen molar-refractivity contribution in [1.82, 2.24) is 29.9 Å². The van der Waals surface area contributed by atoms with Crippen molar-refractivity contribution < 1.29 is 0 Å². The van der Waals surface area contributed by atoms with Gasteiger partial charge in [0.05, 0.1) is 0 Å². The number of aromatic nitrogens is 6. The number of nitrogens with zero attached hydrogens (tertiary/aromatic N) is 6. The van der Waals surface area contributed by atoms with E-state index in [2.05, 4.69) is 129 Å². The second kappa shape index (κ2) is 24.8. The smallest absolute Gasteiger partial charge is 0.130 e. The van der Waals surface area contributed by atoms with Gasteiger partial charge < -0.3 is 0 Å². The van der Waals surface area contributed by atoms with E-state index in [4.69, 9.17) is 0 Å². The molecule has 0 aliphatic heterocycles. The lowest BCUT2D eigenvalue weighted by Gasteiger charge is -2.02. The Labute approximate surface area is 292 Å². The summed E-state index contributed by atoms with van der Waals surface area (Å²) >= 11 is 0. The predicted molar refractivity (Wildman–Crippen MR) is 203 cm³/mol.